The van der Waals surface area contributed by atoms with Crippen LogP contribution in [0.4, 0.5) is 4.79 Å². The SMILES string of the molecule is CC1CC(NC(=O)NC2C3CCC(C3)C2C(=O)O)C1. The Balaban J connectivity index is 1.56. The molecule has 0 aromatic rings. The number of hydrogen-bond donors (Lipinski definition) is 3. The number of rotatable bonds is 3. The van der Waals surface area contributed by atoms with E-state index in [0.717, 1.165) is 32.1 Å². The van der Waals surface area contributed by atoms with Gasteiger partial charge in [-0.15, -0.1) is 0 Å². The summed E-state index contributed by atoms with van der Waals surface area (Å²) in [6.45, 7) is 2.17. The number of nitrogens with one attached hydrogen (secondary N) is 2. The number of carboxylic acid groups (broad SMARTS) is 1. The van der Waals surface area contributed by atoms with Crippen LogP contribution in [0.25, 0.3) is 0 Å². The van der Waals surface area contributed by atoms with Gasteiger partial charge in [0.2, 0.25) is 0 Å². The van der Waals surface area contributed by atoms with E-state index in [1.54, 1.807) is 0 Å². The third kappa shape index (κ3) is 2.30. The van der Waals surface area contributed by atoms with Gasteiger partial charge in [0.05, 0.1) is 5.92 Å². The fourth-order valence-electron chi connectivity index (χ4n) is 4.25. The fourth-order valence-corrected chi connectivity index (χ4v) is 4.25. The second-order valence-electron chi connectivity index (χ2n) is 6.61. The molecule has 3 fully saturated rings. The molecule has 0 aromatic carbocycles. The zero-order valence-corrected chi connectivity index (χ0v) is 11.3. The molecule has 3 rings (SSSR count). The van der Waals surface area contributed by atoms with E-state index in [1.807, 2.05) is 0 Å². The first-order valence-corrected chi connectivity index (χ1v) is 7.34. The molecule has 0 saturated heterocycles. The molecule has 4 atom stereocenters. The number of amides is 2. The molecule has 0 aromatic heterocycles. The number of carbonyl (C=O) groups is 2. The van der Waals surface area contributed by atoms with Gasteiger partial charge in [0.25, 0.3) is 0 Å². The summed E-state index contributed by atoms with van der Waals surface area (Å²) in [5.74, 6) is 0.174. The molecule has 19 heavy (non-hydrogen) atoms. The fraction of sp³-hybridized carbons (Fsp3) is 0.857. The van der Waals surface area contributed by atoms with Crippen LogP contribution in [0, 0.1) is 23.7 Å². The van der Waals surface area contributed by atoms with Crippen molar-refractivity contribution in [2.75, 3.05) is 0 Å². The number of aliphatic carboxylic acids is 1. The Morgan fingerprint density at radius 2 is 1.74 bits per heavy atom. The maximum Gasteiger partial charge on any atom is 0.315 e. The highest BCUT2D eigenvalue weighted by molar-refractivity contribution is 5.77. The van der Waals surface area contributed by atoms with Crippen LogP contribution in [0.2, 0.25) is 0 Å². The number of carbonyl (C=O) groups excluding carboxylic acids is 1. The van der Waals surface area contributed by atoms with Crippen molar-refractivity contribution in [1.29, 1.82) is 0 Å². The molecule has 2 bridgehead atoms. The summed E-state index contributed by atoms with van der Waals surface area (Å²) in [7, 11) is 0. The molecule has 106 valence electrons. The summed E-state index contributed by atoms with van der Waals surface area (Å²) in [4.78, 5) is 23.3. The topological polar surface area (TPSA) is 78.4 Å². The van der Waals surface area contributed by atoms with Crippen molar-refractivity contribution >= 4 is 12.0 Å². The van der Waals surface area contributed by atoms with E-state index in [0.29, 0.717) is 11.8 Å². The van der Waals surface area contributed by atoms with Gasteiger partial charge in [0, 0.05) is 12.1 Å². The van der Waals surface area contributed by atoms with Crippen molar-refractivity contribution in [3.63, 3.8) is 0 Å². The van der Waals surface area contributed by atoms with Crippen LogP contribution in [0.15, 0.2) is 0 Å². The predicted octanol–water partition coefficient (Wildman–Crippen LogP) is 1.58. The molecule has 0 radical (unpaired) electrons. The third-order valence-corrected chi connectivity index (χ3v) is 5.21. The van der Waals surface area contributed by atoms with E-state index in [-0.39, 0.29) is 30.0 Å². The number of hydrogen-bond acceptors (Lipinski definition) is 2. The monoisotopic (exact) mass is 266 g/mol. The largest absolute Gasteiger partial charge is 0.481 e. The summed E-state index contributed by atoms with van der Waals surface area (Å²) in [5, 5.41) is 15.2. The van der Waals surface area contributed by atoms with Crippen LogP contribution in [0.1, 0.15) is 39.0 Å². The standard InChI is InChI=1S/C14H22N2O3/c1-7-4-10(5-7)15-14(19)16-12-9-3-2-8(6-9)11(12)13(17)18/h7-12H,2-6H2,1H3,(H,17,18)(H2,15,16,19). The lowest BCUT2D eigenvalue weighted by Crippen LogP contribution is -2.54. The van der Waals surface area contributed by atoms with Gasteiger partial charge < -0.3 is 15.7 Å². The molecular weight excluding hydrogens is 244 g/mol. The Bertz CT molecular complexity index is 392. The molecule has 3 aliphatic carbocycles. The van der Waals surface area contributed by atoms with E-state index in [1.165, 1.54) is 0 Å². The zero-order chi connectivity index (χ0) is 13.6. The molecule has 3 aliphatic rings. The molecule has 3 saturated carbocycles. The van der Waals surface area contributed by atoms with Gasteiger partial charge in [-0.3, -0.25) is 4.79 Å². The molecule has 0 spiro atoms. The first-order valence-electron chi connectivity index (χ1n) is 7.34. The van der Waals surface area contributed by atoms with Crippen LogP contribution in [-0.2, 0) is 4.79 Å². The Morgan fingerprint density at radius 1 is 1.05 bits per heavy atom. The van der Waals surface area contributed by atoms with Crippen molar-refractivity contribution in [2.45, 2.75) is 51.1 Å². The highest BCUT2D eigenvalue weighted by Gasteiger charge is 2.51. The molecule has 3 N–H and O–H groups in total. The van der Waals surface area contributed by atoms with Gasteiger partial charge in [-0.1, -0.05) is 6.92 Å². The summed E-state index contributed by atoms with van der Waals surface area (Å²) in [6.07, 6.45) is 5.09. The summed E-state index contributed by atoms with van der Waals surface area (Å²) in [5.41, 5.74) is 0. The van der Waals surface area contributed by atoms with Crippen molar-refractivity contribution in [3.05, 3.63) is 0 Å². The molecule has 5 heteroatoms. The minimum atomic E-state index is -0.755. The van der Waals surface area contributed by atoms with Gasteiger partial charge in [0.1, 0.15) is 0 Å². The van der Waals surface area contributed by atoms with E-state index < -0.39 is 5.97 Å². The van der Waals surface area contributed by atoms with E-state index in [4.69, 9.17) is 0 Å². The normalized spacial score (nSPS) is 43.6. The number of carboxylic acids is 1. The van der Waals surface area contributed by atoms with Crippen molar-refractivity contribution in [3.8, 4) is 0 Å². The Hall–Kier alpha value is -1.26. The van der Waals surface area contributed by atoms with Gasteiger partial charge in [-0.2, -0.15) is 0 Å². The molecular formula is C14H22N2O3. The average molecular weight is 266 g/mol. The highest BCUT2D eigenvalue weighted by atomic mass is 16.4. The first-order chi connectivity index (χ1) is 9.04. The lowest BCUT2D eigenvalue weighted by molar-refractivity contribution is -0.144. The lowest BCUT2D eigenvalue weighted by atomic mass is 9.82. The lowest BCUT2D eigenvalue weighted by Gasteiger charge is -2.35. The quantitative estimate of drug-likeness (QED) is 0.725. The first kappa shape index (κ1) is 12.8. The summed E-state index contributed by atoms with van der Waals surface area (Å²) in [6, 6.07) is -0.0775. The maximum atomic E-state index is 11.9. The van der Waals surface area contributed by atoms with Crippen molar-refractivity contribution < 1.29 is 14.7 Å². The minimum absolute atomic E-state index is 0.172. The molecule has 0 aliphatic heterocycles. The summed E-state index contributed by atoms with van der Waals surface area (Å²) >= 11 is 0. The summed E-state index contributed by atoms with van der Waals surface area (Å²) < 4.78 is 0. The Morgan fingerprint density at radius 3 is 2.37 bits per heavy atom. The smallest absolute Gasteiger partial charge is 0.315 e. The minimum Gasteiger partial charge on any atom is -0.481 e. The van der Waals surface area contributed by atoms with Gasteiger partial charge in [-0.05, 0) is 49.9 Å². The predicted molar refractivity (Wildman–Crippen MR) is 69.6 cm³/mol. The van der Waals surface area contributed by atoms with Crippen LogP contribution in [0.3, 0.4) is 0 Å². The second kappa shape index (κ2) is 4.69. The average Bonchev–Trinajstić information content (AvgIpc) is 2.86. The highest BCUT2D eigenvalue weighted by Crippen LogP contribution is 2.48. The molecule has 2 amide bonds. The maximum absolute atomic E-state index is 11.9. The van der Waals surface area contributed by atoms with Gasteiger partial charge in [-0.25, -0.2) is 4.79 Å². The number of fused-ring (bicyclic) bond motifs is 2. The Labute approximate surface area is 113 Å². The zero-order valence-electron chi connectivity index (χ0n) is 11.3. The Kier molecular flexibility index (Phi) is 3.15. The second-order valence-corrected chi connectivity index (χ2v) is 6.61. The van der Waals surface area contributed by atoms with Crippen LogP contribution >= 0.6 is 0 Å². The van der Waals surface area contributed by atoms with E-state index in [2.05, 4.69) is 17.6 Å². The molecule has 4 unspecified atom stereocenters. The molecule has 0 heterocycles. The van der Waals surface area contributed by atoms with Crippen molar-refractivity contribution in [2.24, 2.45) is 23.7 Å². The van der Waals surface area contributed by atoms with E-state index >= 15 is 0 Å². The van der Waals surface area contributed by atoms with Gasteiger partial charge >= 0.3 is 12.0 Å². The van der Waals surface area contributed by atoms with Crippen molar-refractivity contribution in [1.82, 2.24) is 10.6 Å². The molecule has 5 nitrogen and oxygen atoms in total. The van der Waals surface area contributed by atoms with Crippen LogP contribution in [-0.4, -0.2) is 29.2 Å². The van der Waals surface area contributed by atoms with Crippen LogP contribution in [0.5, 0.6) is 0 Å². The number of urea groups is 1. The van der Waals surface area contributed by atoms with E-state index in [9.17, 15) is 14.7 Å². The van der Waals surface area contributed by atoms with Crippen LogP contribution < -0.4 is 10.6 Å². The van der Waals surface area contributed by atoms with Gasteiger partial charge in [0.15, 0.2) is 0 Å². The third-order valence-electron chi connectivity index (χ3n) is 5.21.